The number of carbonyl (C=O) groups excluding carboxylic acids is 1. The van der Waals surface area contributed by atoms with Gasteiger partial charge in [0.05, 0.1) is 10.5 Å². The maximum atomic E-state index is 11.0. The molecule has 1 amide bonds. The van der Waals surface area contributed by atoms with Crippen LogP contribution in [0.3, 0.4) is 0 Å². The van der Waals surface area contributed by atoms with Crippen molar-refractivity contribution in [2.45, 2.75) is 31.7 Å². The summed E-state index contributed by atoms with van der Waals surface area (Å²) in [6.07, 6.45) is 2.33. The summed E-state index contributed by atoms with van der Waals surface area (Å²) >= 11 is 4.84. The lowest BCUT2D eigenvalue weighted by Crippen LogP contribution is -2.56. The molecule has 1 rings (SSSR count). The average molecular weight is 172 g/mol. The third kappa shape index (κ3) is 1.68. The van der Waals surface area contributed by atoms with E-state index in [0.29, 0.717) is 11.4 Å². The van der Waals surface area contributed by atoms with Gasteiger partial charge in [0.15, 0.2) is 0 Å². The largest absolute Gasteiger partial charge is 0.391 e. The Bertz CT molecular complexity index is 205. The molecule has 62 valence electrons. The van der Waals surface area contributed by atoms with E-state index < -0.39 is 5.54 Å². The summed E-state index contributed by atoms with van der Waals surface area (Å²) in [5, 5.41) is 2.79. The summed E-state index contributed by atoms with van der Waals surface area (Å²) in [6, 6.07) is 0. The highest BCUT2D eigenvalue weighted by Gasteiger charge is 2.32. The van der Waals surface area contributed by atoms with Crippen LogP contribution in [0.1, 0.15) is 26.2 Å². The highest BCUT2D eigenvalue weighted by atomic mass is 32.1. The van der Waals surface area contributed by atoms with Crippen molar-refractivity contribution in [1.82, 2.24) is 5.32 Å². The van der Waals surface area contributed by atoms with Crippen LogP contribution in [0.15, 0.2) is 0 Å². The van der Waals surface area contributed by atoms with Crippen LogP contribution in [-0.4, -0.2) is 16.4 Å². The van der Waals surface area contributed by atoms with Gasteiger partial charge in [-0.05, 0) is 19.8 Å². The fourth-order valence-electron chi connectivity index (χ4n) is 1.22. The zero-order valence-corrected chi connectivity index (χ0v) is 7.33. The van der Waals surface area contributed by atoms with Crippen LogP contribution in [0.5, 0.6) is 0 Å². The van der Waals surface area contributed by atoms with Crippen molar-refractivity contribution in [3.63, 3.8) is 0 Å². The second-order valence-corrected chi connectivity index (χ2v) is 3.54. The molecular weight excluding hydrogens is 160 g/mol. The van der Waals surface area contributed by atoms with Crippen molar-refractivity contribution in [2.24, 2.45) is 5.73 Å². The van der Waals surface area contributed by atoms with Crippen LogP contribution in [0.25, 0.3) is 0 Å². The molecule has 0 aromatic carbocycles. The molecule has 11 heavy (non-hydrogen) atoms. The van der Waals surface area contributed by atoms with Gasteiger partial charge in [0, 0.05) is 6.42 Å². The van der Waals surface area contributed by atoms with Crippen LogP contribution in [-0.2, 0) is 4.79 Å². The second-order valence-electron chi connectivity index (χ2n) is 3.10. The standard InChI is InChI=1S/C7H12N2OS/c1-7(6(8)11)4-2-3-5(10)9-7/h2-4H2,1H3,(H2,8,11)(H,9,10). The van der Waals surface area contributed by atoms with Crippen molar-refractivity contribution < 1.29 is 4.79 Å². The van der Waals surface area contributed by atoms with Gasteiger partial charge in [-0.15, -0.1) is 0 Å². The Labute approximate surface area is 71.3 Å². The molecule has 0 saturated carbocycles. The van der Waals surface area contributed by atoms with Gasteiger partial charge in [-0.1, -0.05) is 12.2 Å². The Morgan fingerprint density at radius 3 is 2.82 bits per heavy atom. The number of nitrogens with two attached hydrogens (primary N) is 1. The molecule has 0 bridgehead atoms. The van der Waals surface area contributed by atoms with E-state index in [1.807, 2.05) is 6.92 Å². The minimum atomic E-state index is -0.440. The minimum Gasteiger partial charge on any atom is -0.391 e. The summed E-state index contributed by atoms with van der Waals surface area (Å²) in [4.78, 5) is 11.3. The number of amides is 1. The summed E-state index contributed by atoms with van der Waals surface area (Å²) in [5.41, 5.74) is 5.04. The third-order valence-electron chi connectivity index (χ3n) is 2.04. The first-order chi connectivity index (χ1) is 5.04. The predicted molar refractivity (Wildman–Crippen MR) is 47.2 cm³/mol. The lowest BCUT2D eigenvalue weighted by molar-refractivity contribution is -0.123. The van der Waals surface area contributed by atoms with Crippen molar-refractivity contribution in [3.8, 4) is 0 Å². The van der Waals surface area contributed by atoms with Gasteiger partial charge in [-0.2, -0.15) is 0 Å². The van der Waals surface area contributed by atoms with Crippen molar-refractivity contribution in [2.75, 3.05) is 0 Å². The molecule has 0 aliphatic carbocycles. The van der Waals surface area contributed by atoms with Gasteiger partial charge < -0.3 is 11.1 Å². The molecule has 1 unspecified atom stereocenters. The highest BCUT2D eigenvalue weighted by molar-refractivity contribution is 7.80. The first-order valence-corrected chi connectivity index (χ1v) is 4.06. The predicted octanol–water partition coefficient (Wildman–Crippen LogP) is 0.331. The van der Waals surface area contributed by atoms with Crippen LogP contribution < -0.4 is 11.1 Å². The number of hydrogen-bond acceptors (Lipinski definition) is 2. The topological polar surface area (TPSA) is 55.1 Å². The monoisotopic (exact) mass is 172 g/mol. The molecule has 0 spiro atoms. The number of carbonyl (C=O) groups is 1. The van der Waals surface area contributed by atoms with Crippen molar-refractivity contribution >= 4 is 23.1 Å². The first kappa shape index (κ1) is 8.46. The number of piperidine rings is 1. The maximum absolute atomic E-state index is 11.0. The average Bonchev–Trinajstić information content (AvgIpc) is 1.86. The number of hydrogen-bond donors (Lipinski definition) is 2. The number of rotatable bonds is 1. The van der Waals surface area contributed by atoms with Crippen LogP contribution in [0, 0.1) is 0 Å². The molecule has 1 aliphatic rings. The molecule has 3 N–H and O–H groups in total. The van der Waals surface area contributed by atoms with Gasteiger partial charge in [0.25, 0.3) is 0 Å². The van der Waals surface area contributed by atoms with Crippen LogP contribution >= 0.6 is 12.2 Å². The zero-order chi connectivity index (χ0) is 8.48. The van der Waals surface area contributed by atoms with E-state index in [-0.39, 0.29) is 5.91 Å². The van der Waals surface area contributed by atoms with E-state index in [1.165, 1.54) is 0 Å². The maximum Gasteiger partial charge on any atom is 0.220 e. The Morgan fingerprint density at radius 2 is 2.45 bits per heavy atom. The molecule has 3 nitrogen and oxygen atoms in total. The van der Waals surface area contributed by atoms with Gasteiger partial charge in [0.2, 0.25) is 5.91 Å². The SMILES string of the molecule is CC1(C(N)=S)CCCC(=O)N1. The van der Waals surface area contributed by atoms with E-state index in [4.69, 9.17) is 18.0 Å². The molecule has 0 aromatic rings. The molecule has 1 saturated heterocycles. The molecule has 1 fully saturated rings. The quantitative estimate of drug-likeness (QED) is 0.560. The summed E-state index contributed by atoms with van der Waals surface area (Å²) in [6.45, 7) is 1.87. The normalized spacial score (nSPS) is 31.2. The van der Waals surface area contributed by atoms with E-state index >= 15 is 0 Å². The van der Waals surface area contributed by atoms with Crippen molar-refractivity contribution in [3.05, 3.63) is 0 Å². The summed E-state index contributed by atoms with van der Waals surface area (Å²) in [5.74, 6) is 0.0477. The fourth-order valence-corrected chi connectivity index (χ4v) is 1.37. The van der Waals surface area contributed by atoms with Crippen LogP contribution in [0.4, 0.5) is 0 Å². The summed E-state index contributed by atoms with van der Waals surface area (Å²) in [7, 11) is 0. The number of nitrogens with one attached hydrogen (secondary N) is 1. The smallest absolute Gasteiger partial charge is 0.220 e. The van der Waals surface area contributed by atoms with Gasteiger partial charge in [0.1, 0.15) is 0 Å². The second kappa shape index (κ2) is 2.77. The molecule has 4 heteroatoms. The molecule has 1 atom stereocenters. The van der Waals surface area contributed by atoms with E-state index in [9.17, 15) is 4.79 Å². The molecule has 1 aliphatic heterocycles. The van der Waals surface area contributed by atoms with Gasteiger partial charge >= 0.3 is 0 Å². The molecule has 1 heterocycles. The van der Waals surface area contributed by atoms with Crippen molar-refractivity contribution in [1.29, 1.82) is 0 Å². The van der Waals surface area contributed by atoms with E-state index in [0.717, 1.165) is 12.8 Å². The third-order valence-corrected chi connectivity index (χ3v) is 2.49. The first-order valence-electron chi connectivity index (χ1n) is 3.65. The minimum absolute atomic E-state index is 0.0477. The lowest BCUT2D eigenvalue weighted by Gasteiger charge is -2.33. The number of thiocarbonyl (C=S) groups is 1. The lowest BCUT2D eigenvalue weighted by atomic mass is 9.91. The fraction of sp³-hybridized carbons (Fsp3) is 0.714. The zero-order valence-electron chi connectivity index (χ0n) is 6.52. The molecule has 0 radical (unpaired) electrons. The molecule has 0 aromatic heterocycles. The highest BCUT2D eigenvalue weighted by Crippen LogP contribution is 2.19. The Hall–Kier alpha value is -0.640. The van der Waals surface area contributed by atoms with E-state index in [2.05, 4.69) is 5.32 Å². The van der Waals surface area contributed by atoms with Gasteiger partial charge in [-0.3, -0.25) is 4.79 Å². The van der Waals surface area contributed by atoms with Gasteiger partial charge in [-0.25, -0.2) is 0 Å². The Balaban J connectivity index is 2.70. The summed E-state index contributed by atoms with van der Waals surface area (Å²) < 4.78 is 0. The Kier molecular flexibility index (Phi) is 2.13. The molecular formula is C7H12N2OS. The Morgan fingerprint density at radius 1 is 1.82 bits per heavy atom. The van der Waals surface area contributed by atoms with Crippen LogP contribution in [0.2, 0.25) is 0 Å². The van der Waals surface area contributed by atoms with E-state index in [1.54, 1.807) is 0 Å².